The third-order valence-corrected chi connectivity index (χ3v) is 6.07. The van der Waals surface area contributed by atoms with Gasteiger partial charge in [-0.05, 0) is 49.4 Å². The van der Waals surface area contributed by atoms with Crippen molar-refractivity contribution in [1.29, 1.82) is 0 Å². The van der Waals surface area contributed by atoms with Crippen molar-refractivity contribution in [3.05, 3.63) is 0 Å². The first-order valence-corrected chi connectivity index (χ1v) is 7.15. The Bertz CT molecular complexity index is 355. The number of hydrogen-bond donors (Lipinski definition) is 1. The summed E-state index contributed by atoms with van der Waals surface area (Å²) in [5, 5.41) is 9.45. The standard InChI is InChI=1S/C14H21NO2/c16-13(17)11-9-2-3-10(6-9)12(11)15-7-14(8-15)4-1-5-14/h9-12H,1-8H2,(H,16,17). The smallest absolute Gasteiger partial charge is 0.308 e. The van der Waals surface area contributed by atoms with Gasteiger partial charge >= 0.3 is 5.97 Å². The van der Waals surface area contributed by atoms with Crippen molar-refractivity contribution in [3.63, 3.8) is 0 Å². The van der Waals surface area contributed by atoms with E-state index < -0.39 is 5.97 Å². The molecule has 94 valence electrons. The van der Waals surface area contributed by atoms with E-state index in [0.717, 1.165) is 6.42 Å². The lowest BCUT2D eigenvalue weighted by molar-refractivity contribution is -0.153. The quantitative estimate of drug-likeness (QED) is 0.795. The number of rotatable bonds is 2. The molecule has 4 rings (SSSR count). The zero-order valence-electron chi connectivity index (χ0n) is 10.3. The summed E-state index contributed by atoms with van der Waals surface area (Å²) in [5.41, 5.74) is 0.630. The molecule has 0 aromatic rings. The second-order valence-corrected chi connectivity index (χ2v) is 6.95. The van der Waals surface area contributed by atoms with Crippen LogP contribution in [0.3, 0.4) is 0 Å². The third kappa shape index (κ3) is 1.29. The zero-order chi connectivity index (χ0) is 11.6. The molecule has 17 heavy (non-hydrogen) atoms. The predicted octanol–water partition coefficient (Wildman–Crippen LogP) is 1.97. The van der Waals surface area contributed by atoms with Crippen LogP contribution in [0.2, 0.25) is 0 Å². The van der Waals surface area contributed by atoms with Gasteiger partial charge in [0.05, 0.1) is 5.92 Å². The number of carbonyl (C=O) groups is 1. The number of likely N-dealkylation sites (tertiary alicyclic amines) is 1. The Balaban J connectivity index is 1.51. The number of fused-ring (bicyclic) bond motifs is 2. The van der Waals surface area contributed by atoms with Crippen molar-refractivity contribution in [2.45, 2.75) is 44.6 Å². The molecule has 4 atom stereocenters. The molecule has 3 heteroatoms. The van der Waals surface area contributed by atoms with Crippen LogP contribution in [-0.4, -0.2) is 35.1 Å². The largest absolute Gasteiger partial charge is 0.481 e. The van der Waals surface area contributed by atoms with E-state index in [1.165, 1.54) is 45.2 Å². The maximum Gasteiger partial charge on any atom is 0.308 e. The van der Waals surface area contributed by atoms with Gasteiger partial charge in [-0.1, -0.05) is 6.42 Å². The van der Waals surface area contributed by atoms with Gasteiger partial charge in [-0.25, -0.2) is 0 Å². The number of hydrogen-bond acceptors (Lipinski definition) is 2. The Hall–Kier alpha value is -0.570. The van der Waals surface area contributed by atoms with Crippen LogP contribution in [0.4, 0.5) is 0 Å². The summed E-state index contributed by atoms with van der Waals surface area (Å²) in [6.45, 7) is 2.40. The summed E-state index contributed by atoms with van der Waals surface area (Å²) in [6, 6.07) is 0.387. The first-order valence-electron chi connectivity index (χ1n) is 7.15. The Morgan fingerprint density at radius 1 is 1.18 bits per heavy atom. The fourth-order valence-corrected chi connectivity index (χ4v) is 5.15. The third-order valence-electron chi connectivity index (χ3n) is 6.07. The van der Waals surface area contributed by atoms with Crippen LogP contribution in [0.1, 0.15) is 38.5 Å². The minimum absolute atomic E-state index is 0.0498. The maximum absolute atomic E-state index is 11.5. The number of nitrogens with zero attached hydrogens (tertiary/aromatic N) is 1. The molecular formula is C14H21NO2. The van der Waals surface area contributed by atoms with Crippen molar-refractivity contribution in [2.24, 2.45) is 23.2 Å². The van der Waals surface area contributed by atoms with Crippen LogP contribution in [0, 0.1) is 23.2 Å². The fraction of sp³-hybridized carbons (Fsp3) is 0.929. The summed E-state index contributed by atoms with van der Waals surface area (Å²) in [5.74, 6) is 0.599. The Labute approximate surface area is 102 Å². The summed E-state index contributed by atoms with van der Waals surface area (Å²) in [4.78, 5) is 14.0. The minimum atomic E-state index is -0.531. The molecule has 3 aliphatic carbocycles. The van der Waals surface area contributed by atoms with E-state index >= 15 is 0 Å². The number of aliphatic carboxylic acids is 1. The maximum atomic E-state index is 11.5. The molecule has 4 fully saturated rings. The van der Waals surface area contributed by atoms with Gasteiger partial charge in [0.2, 0.25) is 0 Å². The van der Waals surface area contributed by atoms with Gasteiger partial charge < -0.3 is 5.11 Å². The molecule has 1 heterocycles. The predicted molar refractivity (Wildman–Crippen MR) is 63.6 cm³/mol. The van der Waals surface area contributed by atoms with Gasteiger partial charge in [0, 0.05) is 19.1 Å². The lowest BCUT2D eigenvalue weighted by atomic mass is 9.62. The molecular weight excluding hydrogens is 214 g/mol. The molecule has 0 amide bonds. The van der Waals surface area contributed by atoms with E-state index in [9.17, 15) is 9.90 Å². The fourth-order valence-electron chi connectivity index (χ4n) is 5.15. The second kappa shape index (κ2) is 3.25. The monoisotopic (exact) mass is 235 g/mol. The molecule has 0 aromatic carbocycles. The second-order valence-electron chi connectivity index (χ2n) is 6.95. The summed E-state index contributed by atoms with van der Waals surface area (Å²) >= 11 is 0. The highest BCUT2D eigenvalue weighted by Gasteiger charge is 2.58. The van der Waals surface area contributed by atoms with Crippen molar-refractivity contribution in [3.8, 4) is 0 Å². The summed E-state index contributed by atoms with van der Waals surface area (Å²) in [7, 11) is 0. The van der Waals surface area contributed by atoms with Crippen LogP contribution in [0.15, 0.2) is 0 Å². The van der Waals surface area contributed by atoms with E-state index in [4.69, 9.17) is 0 Å². The van der Waals surface area contributed by atoms with E-state index in [0.29, 0.717) is 23.3 Å². The first-order chi connectivity index (χ1) is 8.19. The highest BCUT2D eigenvalue weighted by atomic mass is 16.4. The van der Waals surface area contributed by atoms with Crippen LogP contribution in [-0.2, 0) is 4.79 Å². The van der Waals surface area contributed by atoms with Crippen LogP contribution >= 0.6 is 0 Å². The SMILES string of the molecule is O=C(O)C1C2CCC(C2)C1N1CC2(CCC2)C1. The normalized spacial score (nSPS) is 46.8. The summed E-state index contributed by atoms with van der Waals surface area (Å²) in [6.07, 6.45) is 7.81. The van der Waals surface area contributed by atoms with Crippen molar-refractivity contribution < 1.29 is 9.90 Å². The van der Waals surface area contributed by atoms with Gasteiger partial charge in [0.25, 0.3) is 0 Å². The van der Waals surface area contributed by atoms with Gasteiger partial charge in [-0.2, -0.15) is 0 Å². The lowest BCUT2D eigenvalue weighted by Crippen LogP contribution is -2.65. The van der Waals surface area contributed by atoms with Crippen LogP contribution in [0.25, 0.3) is 0 Å². The molecule has 1 N–H and O–H groups in total. The minimum Gasteiger partial charge on any atom is -0.481 e. The molecule has 2 bridgehead atoms. The van der Waals surface area contributed by atoms with Gasteiger partial charge in [0.15, 0.2) is 0 Å². The Morgan fingerprint density at radius 2 is 1.88 bits per heavy atom. The lowest BCUT2D eigenvalue weighted by Gasteiger charge is -2.59. The highest BCUT2D eigenvalue weighted by Crippen LogP contribution is 2.56. The molecule has 3 nitrogen and oxygen atoms in total. The van der Waals surface area contributed by atoms with Crippen molar-refractivity contribution >= 4 is 5.97 Å². The molecule has 0 radical (unpaired) electrons. The highest BCUT2D eigenvalue weighted by molar-refractivity contribution is 5.72. The molecule has 3 saturated carbocycles. The van der Waals surface area contributed by atoms with E-state index in [1.54, 1.807) is 0 Å². The molecule has 4 unspecified atom stereocenters. The van der Waals surface area contributed by atoms with Gasteiger partial charge in [-0.15, -0.1) is 0 Å². The topological polar surface area (TPSA) is 40.5 Å². The van der Waals surface area contributed by atoms with Crippen molar-refractivity contribution in [2.75, 3.05) is 13.1 Å². The van der Waals surface area contributed by atoms with E-state index in [2.05, 4.69) is 4.90 Å². The van der Waals surface area contributed by atoms with Crippen LogP contribution in [0.5, 0.6) is 0 Å². The molecule has 1 saturated heterocycles. The van der Waals surface area contributed by atoms with Crippen LogP contribution < -0.4 is 0 Å². The van der Waals surface area contributed by atoms with E-state index in [1.807, 2.05) is 0 Å². The first kappa shape index (κ1) is 10.4. The zero-order valence-corrected chi connectivity index (χ0v) is 10.3. The van der Waals surface area contributed by atoms with Gasteiger partial charge in [0.1, 0.15) is 0 Å². The molecule has 0 aromatic heterocycles. The average molecular weight is 235 g/mol. The van der Waals surface area contributed by atoms with Crippen molar-refractivity contribution in [1.82, 2.24) is 4.90 Å². The Kier molecular flexibility index (Phi) is 1.98. The number of carboxylic acid groups (broad SMARTS) is 1. The molecule has 1 aliphatic heterocycles. The molecule has 4 aliphatic rings. The van der Waals surface area contributed by atoms with Gasteiger partial charge in [-0.3, -0.25) is 9.69 Å². The number of carboxylic acids is 1. The Morgan fingerprint density at radius 3 is 2.47 bits per heavy atom. The average Bonchev–Trinajstić information content (AvgIpc) is 2.72. The summed E-state index contributed by atoms with van der Waals surface area (Å²) < 4.78 is 0. The van der Waals surface area contributed by atoms with E-state index in [-0.39, 0.29) is 5.92 Å². The molecule has 1 spiro atoms.